The number of benzene rings is 3. The number of nitrogens with one attached hydrogen (secondary N) is 1. The Hall–Kier alpha value is -3.44. The number of rotatable bonds is 9. The van der Waals surface area contributed by atoms with Gasteiger partial charge in [-0.15, -0.1) is 0 Å². The van der Waals surface area contributed by atoms with Crippen LogP contribution in [0.1, 0.15) is 50.8 Å². The minimum absolute atomic E-state index is 0.0818. The van der Waals surface area contributed by atoms with Crippen molar-refractivity contribution >= 4 is 11.9 Å². The van der Waals surface area contributed by atoms with Gasteiger partial charge in [0.1, 0.15) is 11.6 Å². The van der Waals surface area contributed by atoms with Crippen LogP contribution in [-0.4, -0.2) is 28.7 Å². The lowest BCUT2D eigenvalue weighted by atomic mass is 9.76. The highest BCUT2D eigenvalue weighted by molar-refractivity contribution is 5.78. The molecule has 0 radical (unpaired) electrons. The summed E-state index contributed by atoms with van der Waals surface area (Å²) < 4.78 is 5.74. The van der Waals surface area contributed by atoms with Gasteiger partial charge in [-0.2, -0.15) is 0 Å². The quantitative estimate of drug-likeness (QED) is 0.331. The molecule has 0 saturated carbocycles. The summed E-state index contributed by atoms with van der Waals surface area (Å²) in [6.45, 7) is 7.03. The maximum atomic E-state index is 13.4. The fraction of sp³-hybridized carbons (Fsp3) is 0.310. The molecule has 1 unspecified atom stereocenters. The minimum Gasteiger partial charge on any atom is -0.481 e. The van der Waals surface area contributed by atoms with Gasteiger partial charge in [-0.1, -0.05) is 97.9 Å². The van der Waals surface area contributed by atoms with Gasteiger partial charge in [0, 0.05) is 0 Å². The maximum absolute atomic E-state index is 13.4. The molecular weight excluding hydrogens is 426 g/mol. The van der Waals surface area contributed by atoms with Gasteiger partial charge >= 0.3 is 11.9 Å². The molecule has 0 fully saturated rings. The van der Waals surface area contributed by atoms with Crippen molar-refractivity contribution < 1.29 is 19.4 Å². The molecule has 0 aromatic heterocycles. The van der Waals surface area contributed by atoms with Crippen LogP contribution in [0.2, 0.25) is 0 Å². The van der Waals surface area contributed by atoms with E-state index < -0.39 is 35.0 Å². The van der Waals surface area contributed by atoms with Gasteiger partial charge in [-0.25, -0.2) is 0 Å². The largest absolute Gasteiger partial charge is 0.481 e. The molecule has 0 aliphatic heterocycles. The van der Waals surface area contributed by atoms with E-state index in [0.717, 1.165) is 16.7 Å². The van der Waals surface area contributed by atoms with E-state index in [1.54, 1.807) is 27.7 Å². The number of hydrogen-bond acceptors (Lipinski definition) is 4. The van der Waals surface area contributed by atoms with Gasteiger partial charge in [0.15, 0.2) is 0 Å². The van der Waals surface area contributed by atoms with Crippen LogP contribution in [0.3, 0.4) is 0 Å². The lowest BCUT2D eigenvalue weighted by Crippen LogP contribution is -2.54. The highest BCUT2D eigenvalue weighted by atomic mass is 16.6. The maximum Gasteiger partial charge on any atom is 0.323 e. The normalized spacial score (nSPS) is 13.6. The molecule has 34 heavy (non-hydrogen) atoms. The molecule has 5 nitrogen and oxygen atoms in total. The number of carboxylic acid groups (broad SMARTS) is 1. The third-order valence-corrected chi connectivity index (χ3v) is 5.71. The summed E-state index contributed by atoms with van der Waals surface area (Å²) in [4.78, 5) is 25.1. The van der Waals surface area contributed by atoms with Crippen molar-refractivity contribution in [3.8, 4) is 0 Å². The molecule has 178 valence electrons. The lowest BCUT2D eigenvalue weighted by molar-refractivity contribution is -0.158. The average Bonchev–Trinajstić information content (AvgIpc) is 2.82. The highest BCUT2D eigenvalue weighted by Crippen LogP contribution is 2.38. The van der Waals surface area contributed by atoms with Gasteiger partial charge in [-0.05, 0) is 43.9 Å². The van der Waals surface area contributed by atoms with E-state index in [4.69, 9.17) is 4.74 Å². The van der Waals surface area contributed by atoms with Crippen LogP contribution in [0.5, 0.6) is 0 Å². The molecular formula is C29H33NO4. The smallest absolute Gasteiger partial charge is 0.323 e. The number of aliphatic carboxylic acids is 1. The number of ether oxygens (including phenoxy) is 1. The number of hydrogen-bond donors (Lipinski definition) is 2. The molecule has 0 spiro atoms. The van der Waals surface area contributed by atoms with Crippen LogP contribution < -0.4 is 5.32 Å². The average molecular weight is 460 g/mol. The Morgan fingerprint density at radius 1 is 0.794 bits per heavy atom. The van der Waals surface area contributed by atoms with Gasteiger partial charge in [0.25, 0.3) is 0 Å². The van der Waals surface area contributed by atoms with Crippen molar-refractivity contribution in [2.45, 2.75) is 51.3 Å². The molecule has 0 aliphatic carbocycles. The first kappa shape index (κ1) is 25.2. The van der Waals surface area contributed by atoms with Gasteiger partial charge < -0.3 is 9.84 Å². The number of carboxylic acids is 1. The van der Waals surface area contributed by atoms with E-state index in [-0.39, 0.29) is 6.42 Å². The zero-order valence-corrected chi connectivity index (χ0v) is 20.2. The Labute approximate surface area is 201 Å². The third-order valence-electron chi connectivity index (χ3n) is 5.71. The summed E-state index contributed by atoms with van der Waals surface area (Å²) in [7, 11) is 0. The third kappa shape index (κ3) is 5.91. The zero-order chi connectivity index (χ0) is 24.8. The van der Waals surface area contributed by atoms with Gasteiger partial charge in [-0.3, -0.25) is 14.9 Å². The Morgan fingerprint density at radius 2 is 1.18 bits per heavy atom. The van der Waals surface area contributed by atoms with E-state index in [0.29, 0.717) is 0 Å². The van der Waals surface area contributed by atoms with Crippen LogP contribution in [0.15, 0.2) is 91.0 Å². The summed E-state index contributed by atoms with van der Waals surface area (Å²) in [5, 5.41) is 13.2. The minimum atomic E-state index is -0.958. The van der Waals surface area contributed by atoms with E-state index in [9.17, 15) is 14.7 Å². The Bertz CT molecular complexity index is 979. The van der Waals surface area contributed by atoms with Crippen LogP contribution in [0, 0.1) is 5.92 Å². The molecule has 2 atom stereocenters. The van der Waals surface area contributed by atoms with E-state index in [1.165, 1.54) is 0 Å². The van der Waals surface area contributed by atoms with Crippen LogP contribution in [0.25, 0.3) is 0 Å². The Kier molecular flexibility index (Phi) is 7.90. The fourth-order valence-corrected chi connectivity index (χ4v) is 4.12. The highest BCUT2D eigenvalue weighted by Gasteiger charge is 2.41. The first-order chi connectivity index (χ1) is 16.1. The predicted octanol–water partition coefficient (Wildman–Crippen LogP) is 5.39. The van der Waals surface area contributed by atoms with Crippen LogP contribution >= 0.6 is 0 Å². The summed E-state index contributed by atoms with van der Waals surface area (Å²) in [6, 6.07) is 28.8. The topological polar surface area (TPSA) is 75.6 Å². The molecule has 0 bridgehead atoms. The standard InChI is InChI=1S/C29H33NO4/c1-21(26(31)32)20-25(27(33)34-28(2,3)4)30-29(22-14-8-5-9-15-22,23-16-10-6-11-17-23)24-18-12-7-13-19-24/h5-19,21,25,30H,20H2,1-4H3,(H,31,32)/t21?,25-/m1/s1. The van der Waals surface area contributed by atoms with Crippen LogP contribution in [0.4, 0.5) is 0 Å². The Balaban J connectivity index is 2.23. The molecule has 2 N–H and O–H groups in total. The van der Waals surface area contributed by atoms with Gasteiger partial charge in [0.05, 0.1) is 11.5 Å². The molecule has 0 aliphatic rings. The van der Waals surface area contributed by atoms with Crippen molar-refractivity contribution in [1.82, 2.24) is 5.32 Å². The van der Waals surface area contributed by atoms with E-state index >= 15 is 0 Å². The van der Waals surface area contributed by atoms with Gasteiger partial charge in [0.2, 0.25) is 0 Å². The molecule has 3 aromatic carbocycles. The molecule has 3 rings (SSSR count). The molecule has 5 heteroatoms. The fourth-order valence-electron chi connectivity index (χ4n) is 4.12. The van der Waals surface area contributed by atoms with Crippen molar-refractivity contribution in [2.75, 3.05) is 0 Å². The molecule has 0 saturated heterocycles. The predicted molar refractivity (Wildman–Crippen MR) is 133 cm³/mol. The van der Waals surface area contributed by atoms with Crippen molar-refractivity contribution in [3.63, 3.8) is 0 Å². The summed E-state index contributed by atoms with van der Waals surface area (Å²) in [5.41, 5.74) is 1.18. The van der Waals surface area contributed by atoms with Crippen molar-refractivity contribution in [1.29, 1.82) is 0 Å². The van der Waals surface area contributed by atoms with E-state index in [2.05, 4.69) is 5.32 Å². The number of carbonyl (C=O) groups is 2. The zero-order valence-electron chi connectivity index (χ0n) is 20.2. The van der Waals surface area contributed by atoms with E-state index in [1.807, 2.05) is 91.0 Å². The lowest BCUT2D eigenvalue weighted by Gasteiger charge is -2.40. The summed E-state index contributed by atoms with van der Waals surface area (Å²) >= 11 is 0. The van der Waals surface area contributed by atoms with Crippen LogP contribution in [-0.2, 0) is 19.9 Å². The SMILES string of the molecule is CC(C[C@@H](NC(c1ccccc1)(c1ccccc1)c1ccccc1)C(=O)OC(C)(C)C)C(=O)O. The molecule has 3 aromatic rings. The summed E-state index contributed by atoms with van der Waals surface area (Å²) in [6.07, 6.45) is 0.0818. The first-order valence-electron chi connectivity index (χ1n) is 11.5. The molecule has 0 amide bonds. The number of carbonyl (C=O) groups excluding carboxylic acids is 1. The Morgan fingerprint density at radius 3 is 1.50 bits per heavy atom. The molecule has 0 heterocycles. The van der Waals surface area contributed by atoms with Crippen molar-refractivity contribution in [3.05, 3.63) is 108 Å². The number of esters is 1. The first-order valence-corrected chi connectivity index (χ1v) is 11.5. The second-order valence-corrected chi connectivity index (χ2v) is 9.55. The monoisotopic (exact) mass is 459 g/mol. The second kappa shape index (κ2) is 10.7. The van der Waals surface area contributed by atoms with Crippen molar-refractivity contribution in [2.24, 2.45) is 5.92 Å². The second-order valence-electron chi connectivity index (χ2n) is 9.55. The summed E-state index contributed by atoms with van der Waals surface area (Å²) in [5.74, 6) is -2.18.